The number of thioether (sulfide) groups is 1. The van der Waals surface area contributed by atoms with Crippen LogP contribution in [0.4, 0.5) is 0 Å². The molecule has 1 aromatic heterocycles. The van der Waals surface area contributed by atoms with Crippen molar-refractivity contribution in [3.63, 3.8) is 0 Å². The predicted molar refractivity (Wildman–Crippen MR) is 146 cm³/mol. The van der Waals surface area contributed by atoms with Crippen LogP contribution < -0.4 is 0 Å². The number of aryl methyl sites for hydroxylation is 1. The third-order valence-electron chi connectivity index (χ3n) is 7.29. The van der Waals surface area contributed by atoms with E-state index in [1.807, 2.05) is 24.9 Å². The van der Waals surface area contributed by atoms with Crippen LogP contribution in [0.25, 0.3) is 0 Å². The van der Waals surface area contributed by atoms with E-state index in [4.69, 9.17) is 4.43 Å². The van der Waals surface area contributed by atoms with Crippen molar-refractivity contribution in [1.82, 2.24) is 14.9 Å². The van der Waals surface area contributed by atoms with Crippen molar-refractivity contribution in [2.75, 3.05) is 6.54 Å². The number of H-pyrrole nitrogens is 1. The van der Waals surface area contributed by atoms with Crippen LogP contribution >= 0.6 is 11.8 Å². The number of imidazole rings is 1. The van der Waals surface area contributed by atoms with E-state index in [1.165, 1.54) is 16.2 Å². The van der Waals surface area contributed by atoms with Gasteiger partial charge in [-0.2, -0.15) is 0 Å². The number of hydrogen-bond acceptors (Lipinski definition) is 4. The minimum absolute atomic E-state index is 0.202. The van der Waals surface area contributed by atoms with Gasteiger partial charge in [0.25, 0.3) is 0 Å². The molecule has 1 aliphatic heterocycles. The molecule has 1 fully saturated rings. The van der Waals surface area contributed by atoms with E-state index >= 15 is 0 Å². The van der Waals surface area contributed by atoms with Crippen LogP contribution in [0.2, 0.25) is 18.1 Å². The van der Waals surface area contributed by atoms with Crippen LogP contribution in [0.1, 0.15) is 49.5 Å². The molecule has 0 amide bonds. The highest BCUT2D eigenvalue weighted by Crippen LogP contribution is 2.45. The Morgan fingerprint density at radius 2 is 1.74 bits per heavy atom. The highest BCUT2D eigenvalue weighted by atomic mass is 32.2. The molecule has 3 unspecified atom stereocenters. The minimum atomic E-state index is -1.86. The molecule has 0 bridgehead atoms. The van der Waals surface area contributed by atoms with Gasteiger partial charge in [0.05, 0.1) is 11.4 Å². The lowest BCUT2D eigenvalue weighted by molar-refractivity contribution is 0.177. The molecule has 182 valence electrons. The summed E-state index contributed by atoms with van der Waals surface area (Å²) in [5, 5.41) is 0.453. The summed E-state index contributed by atoms with van der Waals surface area (Å²) in [6.07, 6.45) is 3.30. The van der Waals surface area contributed by atoms with Gasteiger partial charge in [0.2, 0.25) is 0 Å². The van der Waals surface area contributed by atoms with Gasteiger partial charge in [0.15, 0.2) is 8.32 Å². The van der Waals surface area contributed by atoms with E-state index in [0.29, 0.717) is 6.04 Å². The Labute approximate surface area is 210 Å². The Morgan fingerprint density at radius 1 is 1.09 bits per heavy atom. The number of benzene rings is 2. The number of nitrogens with zero attached hydrogens (tertiary/aromatic N) is 2. The van der Waals surface area contributed by atoms with Gasteiger partial charge in [-0.05, 0) is 49.2 Å². The van der Waals surface area contributed by atoms with Crippen LogP contribution in [-0.4, -0.2) is 41.9 Å². The second kappa shape index (κ2) is 10.4. The van der Waals surface area contributed by atoms with Gasteiger partial charge < -0.3 is 9.41 Å². The molecule has 3 atom stereocenters. The first-order valence-electron chi connectivity index (χ1n) is 12.3. The lowest BCUT2D eigenvalue weighted by atomic mass is 10.1. The van der Waals surface area contributed by atoms with Gasteiger partial charge in [-0.15, -0.1) is 11.8 Å². The van der Waals surface area contributed by atoms with Gasteiger partial charge in [-0.3, -0.25) is 4.90 Å². The van der Waals surface area contributed by atoms with E-state index in [9.17, 15) is 0 Å². The summed E-state index contributed by atoms with van der Waals surface area (Å²) in [5.74, 6) is 0.968. The maximum absolute atomic E-state index is 6.97. The van der Waals surface area contributed by atoms with Gasteiger partial charge in [0.1, 0.15) is 5.82 Å². The summed E-state index contributed by atoms with van der Waals surface area (Å²) in [6, 6.07) is 21.9. The number of rotatable bonds is 8. The average molecular weight is 494 g/mol. The normalized spacial score (nSPS) is 20.5. The molecule has 0 spiro atoms. The lowest BCUT2D eigenvalue weighted by Gasteiger charge is -2.38. The summed E-state index contributed by atoms with van der Waals surface area (Å²) in [7, 11) is -1.86. The predicted octanol–water partition coefficient (Wildman–Crippen LogP) is 7.22. The molecule has 6 heteroatoms. The minimum Gasteiger partial charge on any atom is -0.413 e. The zero-order valence-corrected chi connectivity index (χ0v) is 23.2. The van der Waals surface area contributed by atoms with Crippen molar-refractivity contribution < 1.29 is 4.43 Å². The molecular weight excluding hydrogens is 454 g/mol. The third kappa shape index (κ3) is 6.03. The molecular formula is C28H39N3OSSi. The molecule has 1 saturated heterocycles. The molecule has 0 aliphatic carbocycles. The number of aromatic nitrogens is 2. The maximum Gasteiger partial charge on any atom is 0.192 e. The molecule has 0 saturated carbocycles. The monoisotopic (exact) mass is 493 g/mol. The zero-order valence-electron chi connectivity index (χ0n) is 21.4. The van der Waals surface area contributed by atoms with Gasteiger partial charge in [0, 0.05) is 35.9 Å². The first kappa shape index (κ1) is 25.2. The van der Waals surface area contributed by atoms with Crippen LogP contribution in [0.15, 0.2) is 71.8 Å². The first-order valence-corrected chi connectivity index (χ1v) is 16.1. The summed E-state index contributed by atoms with van der Waals surface area (Å²) in [5.41, 5.74) is 2.55. The first-order chi connectivity index (χ1) is 16.1. The molecule has 0 radical (unpaired) electrons. The fraction of sp³-hybridized carbons (Fsp3) is 0.464. The van der Waals surface area contributed by atoms with Crippen molar-refractivity contribution in [2.45, 2.75) is 81.1 Å². The topological polar surface area (TPSA) is 41.1 Å². The fourth-order valence-corrected chi connectivity index (χ4v) is 7.12. The molecule has 1 N–H and O–H groups in total. The van der Waals surface area contributed by atoms with Crippen molar-refractivity contribution >= 4 is 20.1 Å². The Morgan fingerprint density at radius 3 is 2.32 bits per heavy atom. The largest absolute Gasteiger partial charge is 0.413 e. The number of hydrogen-bond donors (Lipinski definition) is 1. The molecule has 2 heterocycles. The summed E-state index contributed by atoms with van der Waals surface area (Å²) >= 11 is 1.94. The maximum atomic E-state index is 6.97. The van der Waals surface area contributed by atoms with E-state index < -0.39 is 8.32 Å². The van der Waals surface area contributed by atoms with Crippen LogP contribution in [0.3, 0.4) is 0 Å². The van der Waals surface area contributed by atoms with Crippen molar-refractivity contribution in [2.24, 2.45) is 0 Å². The quantitative estimate of drug-likeness (QED) is 0.266. The van der Waals surface area contributed by atoms with Crippen molar-refractivity contribution in [3.8, 4) is 0 Å². The second-order valence-corrected chi connectivity index (χ2v) is 17.0. The second-order valence-electron chi connectivity index (χ2n) is 11.0. The summed E-state index contributed by atoms with van der Waals surface area (Å²) < 4.78 is 6.97. The Kier molecular flexibility index (Phi) is 7.72. The highest BCUT2D eigenvalue weighted by Gasteiger charge is 2.45. The SMILES string of the molecule is Cc1ncc(C(Sc2ccccc2)C2CC(O[Si](C)(C)C(C)(C)C)CN2Cc2ccccc2)[nH]1. The third-order valence-corrected chi connectivity index (χ3v) is 13.2. The number of likely N-dealkylation sites (tertiary alicyclic amines) is 1. The lowest BCUT2D eigenvalue weighted by Crippen LogP contribution is -2.44. The summed E-state index contributed by atoms with van der Waals surface area (Å²) in [6.45, 7) is 15.7. The Bertz CT molecular complexity index is 1050. The smallest absolute Gasteiger partial charge is 0.192 e. The van der Waals surface area contributed by atoms with Gasteiger partial charge in [-0.25, -0.2) is 4.98 Å². The Balaban J connectivity index is 1.65. The van der Waals surface area contributed by atoms with Crippen molar-refractivity contribution in [3.05, 3.63) is 83.9 Å². The Hall–Kier alpha value is -1.86. The van der Waals surface area contributed by atoms with Crippen LogP contribution in [0.5, 0.6) is 0 Å². The van der Waals surface area contributed by atoms with E-state index in [-0.39, 0.29) is 16.4 Å². The molecule has 4 nitrogen and oxygen atoms in total. The van der Waals surface area contributed by atoms with E-state index in [1.54, 1.807) is 0 Å². The fourth-order valence-electron chi connectivity index (χ4n) is 4.46. The molecule has 1 aliphatic rings. The molecule has 3 aromatic rings. The van der Waals surface area contributed by atoms with Gasteiger partial charge >= 0.3 is 0 Å². The van der Waals surface area contributed by atoms with Crippen molar-refractivity contribution in [1.29, 1.82) is 0 Å². The average Bonchev–Trinajstić information content (AvgIpc) is 3.38. The van der Waals surface area contributed by atoms with Gasteiger partial charge in [-0.1, -0.05) is 69.3 Å². The van der Waals surface area contributed by atoms with E-state index in [0.717, 1.165) is 25.3 Å². The molecule has 4 rings (SSSR count). The summed E-state index contributed by atoms with van der Waals surface area (Å²) in [4.78, 5) is 12.0. The zero-order chi connectivity index (χ0) is 24.3. The highest BCUT2D eigenvalue weighted by molar-refractivity contribution is 7.99. The van der Waals surface area contributed by atoms with Crippen LogP contribution in [-0.2, 0) is 11.0 Å². The number of nitrogens with one attached hydrogen (secondary N) is 1. The standard InChI is InChI=1S/C28H39N3OSSi/c1-21-29-18-25(30-21)27(33-24-15-11-8-12-16-24)26-17-23(32-34(5,6)28(2,3)4)20-31(26)19-22-13-9-7-10-14-22/h7-16,18,23,26-27H,17,19-20H2,1-6H3,(H,29,30). The molecule has 2 aromatic carbocycles. The number of aromatic amines is 1. The van der Waals surface area contributed by atoms with Crippen LogP contribution in [0, 0.1) is 6.92 Å². The molecule has 34 heavy (non-hydrogen) atoms. The van der Waals surface area contributed by atoms with E-state index in [2.05, 4.69) is 109 Å².